The van der Waals surface area contributed by atoms with Crippen LogP contribution >= 0.6 is 0 Å². The van der Waals surface area contributed by atoms with Crippen molar-refractivity contribution in [1.82, 2.24) is 20.1 Å². The van der Waals surface area contributed by atoms with Crippen LogP contribution in [0.25, 0.3) is 10.9 Å². The first-order chi connectivity index (χ1) is 16.5. The number of aryl methyl sites for hydroxylation is 3. The van der Waals surface area contributed by atoms with Gasteiger partial charge in [-0.15, -0.1) is 0 Å². The summed E-state index contributed by atoms with van der Waals surface area (Å²) < 4.78 is 1.69. The van der Waals surface area contributed by atoms with Crippen molar-refractivity contribution in [2.45, 2.75) is 63.8 Å². The lowest BCUT2D eigenvalue weighted by molar-refractivity contribution is -0.139. The summed E-state index contributed by atoms with van der Waals surface area (Å²) in [5, 5.41) is 20.8. The Morgan fingerprint density at radius 3 is 2.82 bits per heavy atom. The number of aliphatic carboxylic acids is 1. The van der Waals surface area contributed by atoms with Crippen LogP contribution in [0.2, 0.25) is 0 Å². The van der Waals surface area contributed by atoms with Gasteiger partial charge in [0.25, 0.3) is 5.91 Å². The zero-order valence-electron chi connectivity index (χ0n) is 19.7. The zero-order chi connectivity index (χ0) is 23.9. The van der Waals surface area contributed by atoms with Gasteiger partial charge in [0.2, 0.25) is 0 Å². The summed E-state index contributed by atoms with van der Waals surface area (Å²) >= 11 is 0. The minimum atomic E-state index is -0.997. The molecule has 0 aliphatic carbocycles. The van der Waals surface area contributed by atoms with Gasteiger partial charge in [-0.3, -0.25) is 9.48 Å². The number of amides is 1. The average molecular weight is 464 g/mol. The Labute approximate surface area is 199 Å². The number of carboxylic acids is 1. The Kier molecular flexibility index (Phi) is 7.77. The Morgan fingerprint density at radius 2 is 1.97 bits per heavy atom. The molecule has 0 saturated carbocycles. The first-order valence-corrected chi connectivity index (χ1v) is 12.2. The van der Waals surface area contributed by atoms with E-state index in [0.29, 0.717) is 12.0 Å². The molecule has 3 aromatic rings. The summed E-state index contributed by atoms with van der Waals surface area (Å²) in [6.07, 6.45) is 10.4. The molecule has 3 heterocycles. The minimum absolute atomic E-state index is 0.370. The number of aromatic nitrogens is 3. The third-order valence-electron chi connectivity index (χ3n) is 6.36. The molecule has 0 fully saturated rings. The fourth-order valence-corrected chi connectivity index (χ4v) is 4.48. The largest absolute Gasteiger partial charge is 0.480 e. The van der Waals surface area contributed by atoms with Gasteiger partial charge < -0.3 is 15.7 Å². The molecule has 1 amide bonds. The van der Waals surface area contributed by atoms with E-state index in [1.54, 1.807) is 22.9 Å². The maximum absolute atomic E-state index is 12.6. The number of anilines is 1. The molecule has 8 heteroatoms. The summed E-state index contributed by atoms with van der Waals surface area (Å²) in [5.74, 6) is -0.320. The highest BCUT2D eigenvalue weighted by Crippen LogP contribution is 2.21. The monoisotopic (exact) mass is 463 g/mol. The zero-order valence-corrected chi connectivity index (χ0v) is 19.7. The summed E-state index contributed by atoms with van der Waals surface area (Å²) in [7, 11) is 1.82. The number of fused-ring (bicyclic) bond motifs is 2. The number of hydrogen-bond donors (Lipinski definition) is 3. The molecule has 8 nitrogen and oxygen atoms in total. The molecule has 3 N–H and O–H groups in total. The van der Waals surface area contributed by atoms with Crippen molar-refractivity contribution in [1.29, 1.82) is 0 Å². The van der Waals surface area contributed by atoms with Crippen LogP contribution in [0, 0.1) is 0 Å². The van der Waals surface area contributed by atoms with Crippen LogP contribution in [0.5, 0.6) is 0 Å². The number of unbranched alkanes of at least 4 members (excludes halogenated alkanes) is 4. The van der Waals surface area contributed by atoms with E-state index in [4.69, 9.17) is 4.98 Å². The quantitative estimate of drug-likeness (QED) is 0.370. The predicted molar refractivity (Wildman–Crippen MR) is 132 cm³/mol. The smallest absolute Gasteiger partial charge is 0.326 e. The molecule has 34 heavy (non-hydrogen) atoms. The van der Waals surface area contributed by atoms with Crippen molar-refractivity contribution in [2.24, 2.45) is 7.05 Å². The van der Waals surface area contributed by atoms with Crippen LogP contribution in [0.3, 0.4) is 0 Å². The summed E-state index contributed by atoms with van der Waals surface area (Å²) in [6, 6.07) is 8.64. The van der Waals surface area contributed by atoms with E-state index in [-0.39, 0.29) is 5.91 Å². The highest BCUT2D eigenvalue weighted by molar-refractivity contribution is 5.99. The van der Waals surface area contributed by atoms with Gasteiger partial charge in [-0.25, -0.2) is 9.78 Å². The van der Waals surface area contributed by atoms with Gasteiger partial charge >= 0.3 is 5.97 Å². The molecule has 0 bridgehead atoms. The molecule has 1 aromatic carbocycles. The number of benzene rings is 1. The lowest BCUT2D eigenvalue weighted by Crippen LogP contribution is -2.40. The number of hydrogen-bond acceptors (Lipinski definition) is 5. The lowest BCUT2D eigenvalue weighted by atomic mass is 10.0. The van der Waals surface area contributed by atoms with Gasteiger partial charge in [0, 0.05) is 36.4 Å². The first-order valence-electron chi connectivity index (χ1n) is 12.2. The maximum atomic E-state index is 12.6. The minimum Gasteiger partial charge on any atom is -0.480 e. The summed E-state index contributed by atoms with van der Waals surface area (Å²) in [4.78, 5) is 29.0. The topological polar surface area (TPSA) is 109 Å². The number of carbonyl (C=O) groups is 2. The molecule has 180 valence electrons. The summed E-state index contributed by atoms with van der Waals surface area (Å²) in [5.41, 5.74) is 3.68. The molecule has 0 spiro atoms. The normalized spacial score (nSPS) is 13.8. The van der Waals surface area contributed by atoms with E-state index in [9.17, 15) is 14.7 Å². The lowest BCUT2D eigenvalue weighted by Gasteiger charge is -2.17. The Balaban J connectivity index is 1.16. The van der Waals surface area contributed by atoms with Crippen LogP contribution in [0.15, 0.2) is 36.5 Å². The van der Waals surface area contributed by atoms with Gasteiger partial charge in [0.15, 0.2) is 0 Å². The number of nitrogens with one attached hydrogen (secondary N) is 2. The second kappa shape index (κ2) is 11.1. The van der Waals surface area contributed by atoms with E-state index >= 15 is 0 Å². The van der Waals surface area contributed by atoms with Crippen molar-refractivity contribution in [3.63, 3.8) is 0 Å². The molecular weight excluding hydrogens is 430 g/mol. The van der Waals surface area contributed by atoms with Gasteiger partial charge in [-0.1, -0.05) is 31.7 Å². The molecule has 1 aliphatic heterocycles. The number of rotatable bonds is 11. The highest BCUT2D eigenvalue weighted by atomic mass is 16.4. The average Bonchev–Trinajstić information content (AvgIpc) is 3.21. The van der Waals surface area contributed by atoms with Gasteiger partial charge in [0.1, 0.15) is 11.9 Å². The number of nitrogens with zero attached hydrogens (tertiary/aromatic N) is 3. The Bertz CT molecular complexity index is 1160. The van der Waals surface area contributed by atoms with Crippen molar-refractivity contribution in [3.8, 4) is 0 Å². The fourth-order valence-electron chi connectivity index (χ4n) is 4.48. The highest BCUT2D eigenvalue weighted by Gasteiger charge is 2.20. The number of carbonyl (C=O) groups excluding carboxylic acids is 1. The molecule has 1 aliphatic rings. The van der Waals surface area contributed by atoms with Crippen molar-refractivity contribution < 1.29 is 14.7 Å². The van der Waals surface area contributed by atoms with Crippen LogP contribution < -0.4 is 10.6 Å². The van der Waals surface area contributed by atoms with Gasteiger partial charge in [-0.2, -0.15) is 5.10 Å². The van der Waals surface area contributed by atoms with E-state index < -0.39 is 12.0 Å². The molecule has 1 unspecified atom stereocenters. The maximum Gasteiger partial charge on any atom is 0.326 e. The summed E-state index contributed by atoms with van der Waals surface area (Å²) in [6.45, 7) is 1.00. The molecule has 1 atom stereocenters. The van der Waals surface area contributed by atoms with E-state index in [0.717, 1.165) is 73.9 Å². The second-order valence-corrected chi connectivity index (χ2v) is 9.09. The van der Waals surface area contributed by atoms with E-state index in [2.05, 4.69) is 27.9 Å². The van der Waals surface area contributed by atoms with Crippen molar-refractivity contribution in [2.75, 3.05) is 11.9 Å². The van der Waals surface area contributed by atoms with Crippen molar-refractivity contribution >= 4 is 28.6 Å². The van der Waals surface area contributed by atoms with Crippen LogP contribution in [0.4, 0.5) is 5.82 Å². The first kappa shape index (κ1) is 23.7. The molecule has 0 saturated heterocycles. The van der Waals surface area contributed by atoms with Gasteiger partial charge in [0.05, 0.1) is 5.52 Å². The van der Waals surface area contributed by atoms with E-state index in [1.165, 1.54) is 12.0 Å². The third-order valence-corrected chi connectivity index (χ3v) is 6.36. The molecule has 0 radical (unpaired) electrons. The second-order valence-electron chi connectivity index (χ2n) is 9.09. The number of pyridine rings is 1. The van der Waals surface area contributed by atoms with Crippen molar-refractivity contribution in [3.05, 3.63) is 53.3 Å². The van der Waals surface area contributed by atoms with Crippen LogP contribution in [0.1, 0.15) is 66.6 Å². The molecular formula is C26H33N5O3. The Morgan fingerprint density at radius 1 is 1.15 bits per heavy atom. The number of carboxylic acid groups (broad SMARTS) is 1. The predicted octanol–water partition coefficient (Wildman–Crippen LogP) is 4.09. The fraction of sp³-hybridized carbons (Fsp3) is 0.462. The van der Waals surface area contributed by atoms with Crippen LogP contribution in [-0.2, 0) is 24.7 Å². The standard InChI is InChI=1S/C26H33N5O3/c1-31-17-20-16-19(12-14-22(20)30-31)25(32)29-23(26(33)34)10-6-4-2-3-5-9-21-13-11-18-8-7-15-27-24(18)28-21/h11-14,16-17,23H,2-10,15H2,1H3,(H,27,28)(H,29,32)(H,33,34). The van der Waals surface area contributed by atoms with Crippen LogP contribution in [-0.4, -0.2) is 44.3 Å². The van der Waals surface area contributed by atoms with E-state index in [1.807, 2.05) is 13.2 Å². The SMILES string of the molecule is Cn1cc2cc(C(=O)NC(CCCCCCCc3ccc4c(n3)NCCC4)C(=O)O)ccc2n1. The van der Waals surface area contributed by atoms with Gasteiger partial charge in [-0.05, 0) is 61.9 Å². The Hall–Kier alpha value is -3.42. The molecule has 4 rings (SSSR count). The molecule has 2 aromatic heterocycles. The third kappa shape index (κ3) is 6.12.